The SMILES string of the molecule is CC(=O)N(CCC(=O)Nc1ccc(Br)cc1)c1ccc(F)cc1F. The molecule has 126 valence electrons. The number of hydrogen-bond acceptors (Lipinski definition) is 2. The van der Waals surface area contributed by atoms with Crippen molar-refractivity contribution in [2.75, 3.05) is 16.8 Å². The average molecular weight is 397 g/mol. The zero-order valence-corrected chi connectivity index (χ0v) is 14.4. The Kier molecular flexibility index (Phi) is 6.03. The van der Waals surface area contributed by atoms with Crippen molar-refractivity contribution in [3.8, 4) is 0 Å². The number of anilines is 2. The highest BCUT2D eigenvalue weighted by Gasteiger charge is 2.17. The van der Waals surface area contributed by atoms with Gasteiger partial charge < -0.3 is 10.2 Å². The number of nitrogens with zero attached hydrogens (tertiary/aromatic N) is 1. The van der Waals surface area contributed by atoms with E-state index in [9.17, 15) is 18.4 Å². The summed E-state index contributed by atoms with van der Waals surface area (Å²) in [4.78, 5) is 24.8. The molecule has 0 saturated heterocycles. The van der Waals surface area contributed by atoms with Crippen LogP contribution in [-0.2, 0) is 9.59 Å². The lowest BCUT2D eigenvalue weighted by Gasteiger charge is -2.21. The Balaban J connectivity index is 2.02. The molecule has 0 fully saturated rings. The number of hydrogen-bond donors (Lipinski definition) is 1. The van der Waals surface area contributed by atoms with E-state index in [1.165, 1.54) is 13.0 Å². The first-order chi connectivity index (χ1) is 11.4. The molecule has 2 rings (SSSR count). The van der Waals surface area contributed by atoms with E-state index >= 15 is 0 Å². The first-order valence-corrected chi connectivity index (χ1v) is 7.94. The second-order valence-electron chi connectivity index (χ2n) is 5.07. The molecule has 2 aromatic carbocycles. The lowest BCUT2D eigenvalue weighted by Crippen LogP contribution is -2.32. The average Bonchev–Trinajstić information content (AvgIpc) is 2.51. The van der Waals surface area contributed by atoms with Crippen molar-refractivity contribution < 1.29 is 18.4 Å². The van der Waals surface area contributed by atoms with E-state index in [0.29, 0.717) is 11.8 Å². The van der Waals surface area contributed by atoms with Gasteiger partial charge in [-0.25, -0.2) is 8.78 Å². The van der Waals surface area contributed by atoms with Gasteiger partial charge >= 0.3 is 0 Å². The minimum Gasteiger partial charge on any atom is -0.326 e. The zero-order chi connectivity index (χ0) is 17.7. The van der Waals surface area contributed by atoms with Gasteiger partial charge in [-0.05, 0) is 36.4 Å². The molecule has 0 unspecified atom stereocenters. The summed E-state index contributed by atoms with van der Waals surface area (Å²) in [5, 5.41) is 2.69. The number of nitrogens with one attached hydrogen (secondary N) is 1. The first kappa shape index (κ1) is 18.1. The Morgan fingerprint density at radius 3 is 2.38 bits per heavy atom. The highest BCUT2D eigenvalue weighted by Crippen LogP contribution is 2.21. The molecule has 0 bridgehead atoms. The smallest absolute Gasteiger partial charge is 0.226 e. The molecular formula is C17H15BrF2N2O2. The molecule has 0 heterocycles. The summed E-state index contributed by atoms with van der Waals surface area (Å²) in [5.41, 5.74) is 0.561. The van der Waals surface area contributed by atoms with Gasteiger partial charge in [0, 0.05) is 36.1 Å². The van der Waals surface area contributed by atoms with Crippen molar-refractivity contribution in [2.24, 2.45) is 0 Å². The third-order valence-corrected chi connectivity index (χ3v) is 3.80. The van der Waals surface area contributed by atoms with Crippen LogP contribution in [0.25, 0.3) is 0 Å². The summed E-state index contributed by atoms with van der Waals surface area (Å²) in [5.74, 6) is -2.32. The van der Waals surface area contributed by atoms with Crippen LogP contribution in [0.5, 0.6) is 0 Å². The van der Waals surface area contributed by atoms with Crippen LogP contribution >= 0.6 is 15.9 Å². The van der Waals surface area contributed by atoms with E-state index in [-0.39, 0.29) is 24.6 Å². The molecule has 0 aromatic heterocycles. The van der Waals surface area contributed by atoms with Gasteiger partial charge in [-0.3, -0.25) is 9.59 Å². The summed E-state index contributed by atoms with van der Waals surface area (Å²) in [6, 6.07) is 9.97. The maximum Gasteiger partial charge on any atom is 0.226 e. The molecule has 0 aliphatic heterocycles. The normalized spacial score (nSPS) is 10.3. The van der Waals surface area contributed by atoms with Gasteiger partial charge in [0.25, 0.3) is 0 Å². The second-order valence-corrected chi connectivity index (χ2v) is 5.99. The van der Waals surface area contributed by atoms with Crippen molar-refractivity contribution in [1.82, 2.24) is 0 Å². The fraction of sp³-hybridized carbons (Fsp3) is 0.176. The van der Waals surface area contributed by atoms with Crippen LogP contribution in [0.3, 0.4) is 0 Å². The van der Waals surface area contributed by atoms with Crippen LogP contribution in [0.4, 0.5) is 20.2 Å². The third-order valence-electron chi connectivity index (χ3n) is 3.27. The monoisotopic (exact) mass is 396 g/mol. The minimum absolute atomic E-state index is 0.0136. The molecule has 1 N–H and O–H groups in total. The summed E-state index contributed by atoms with van der Waals surface area (Å²) in [6.45, 7) is 1.25. The van der Waals surface area contributed by atoms with E-state index in [4.69, 9.17) is 0 Å². The van der Waals surface area contributed by atoms with Crippen LogP contribution < -0.4 is 10.2 Å². The van der Waals surface area contributed by atoms with Crippen LogP contribution in [-0.4, -0.2) is 18.4 Å². The van der Waals surface area contributed by atoms with E-state index in [1.54, 1.807) is 24.3 Å². The van der Waals surface area contributed by atoms with E-state index < -0.39 is 17.5 Å². The summed E-state index contributed by atoms with van der Waals surface area (Å²) in [7, 11) is 0. The molecule has 4 nitrogen and oxygen atoms in total. The molecule has 2 aromatic rings. The molecule has 0 aliphatic carbocycles. The largest absolute Gasteiger partial charge is 0.326 e. The minimum atomic E-state index is -0.849. The van der Waals surface area contributed by atoms with Crippen LogP contribution in [0.1, 0.15) is 13.3 Å². The van der Waals surface area contributed by atoms with Gasteiger partial charge in [0.15, 0.2) is 0 Å². The quantitative estimate of drug-likeness (QED) is 0.826. The van der Waals surface area contributed by atoms with Gasteiger partial charge in [0.2, 0.25) is 11.8 Å². The number of carbonyl (C=O) groups is 2. The molecule has 0 aliphatic rings. The fourth-order valence-electron chi connectivity index (χ4n) is 2.12. The Morgan fingerprint density at radius 2 is 1.79 bits per heavy atom. The standard InChI is InChI=1S/C17H15BrF2N2O2/c1-11(23)22(16-7-4-13(19)10-15(16)20)9-8-17(24)21-14-5-2-12(18)3-6-14/h2-7,10H,8-9H2,1H3,(H,21,24). The predicted octanol–water partition coefficient (Wildman–Crippen LogP) is 4.11. The van der Waals surface area contributed by atoms with Crippen molar-refractivity contribution in [2.45, 2.75) is 13.3 Å². The molecule has 24 heavy (non-hydrogen) atoms. The second kappa shape index (κ2) is 8.01. The highest BCUT2D eigenvalue weighted by atomic mass is 79.9. The molecule has 0 saturated carbocycles. The lowest BCUT2D eigenvalue weighted by molar-refractivity contribution is -0.117. The first-order valence-electron chi connectivity index (χ1n) is 7.15. The van der Waals surface area contributed by atoms with Crippen LogP contribution in [0.2, 0.25) is 0 Å². The van der Waals surface area contributed by atoms with Gasteiger partial charge in [-0.2, -0.15) is 0 Å². The summed E-state index contributed by atoms with van der Waals surface area (Å²) in [6.07, 6.45) is -0.0214. The maximum atomic E-state index is 13.8. The van der Waals surface area contributed by atoms with E-state index in [1.807, 2.05) is 0 Å². The number of amides is 2. The molecule has 7 heteroatoms. The van der Waals surface area contributed by atoms with Crippen LogP contribution in [0, 0.1) is 11.6 Å². The third kappa shape index (κ3) is 4.86. The van der Waals surface area contributed by atoms with Crippen molar-refractivity contribution in [3.63, 3.8) is 0 Å². The van der Waals surface area contributed by atoms with Gasteiger partial charge in [-0.15, -0.1) is 0 Å². The van der Waals surface area contributed by atoms with Crippen LogP contribution in [0.15, 0.2) is 46.9 Å². The van der Waals surface area contributed by atoms with Crippen molar-refractivity contribution >= 4 is 39.1 Å². The molecule has 0 spiro atoms. The Labute approximate surface area is 146 Å². The Hall–Kier alpha value is -2.28. The Bertz CT molecular complexity index is 751. The number of benzene rings is 2. The van der Waals surface area contributed by atoms with Crippen molar-refractivity contribution in [1.29, 1.82) is 0 Å². The lowest BCUT2D eigenvalue weighted by atomic mass is 10.2. The fourth-order valence-corrected chi connectivity index (χ4v) is 2.38. The number of rotatable bonds is 5. The molecule has 0 atom stereocenters. The number of halogens is 3. The van der Waals surface area contributed by atoms with Crippen molar-refractivity contribution in [3.05, 3.63) is 58.6 Å². The van der Waals surface area contributed by atoms with Gasteiger partial charge in [-0.1, -0.05) is 15.9 Å². The number of carbonyl (C=O) groups excluding carboxylic acids is 2. The van der Waals surface area contributed by atoms with Gasteiger partial charge in [0.05, 0.1) is 5.69 Å². The molecular weight excluding hydrogens is 382 g/mol. The molecule has 0 radical (unpaired) electrons. The highest BCUT2D eigenvalue weighted by molar-refractivity contribution is 9.10. The maximum absolute atomic E-state index is 13.8. The topological polar surface area (TPSA) is 49.4 Å². The zero-order valence-electron chi connectivity index (χ0n) is 12.9. The van der Waals surface area contributed by atoms with E-state index in [2.05, 4.69) is 21.2 Å². The Morgan fingerprint density at radius 1 is 1.12 bits per heavy atom. The summed E-state index contributed by atoms with van der Waals surface area (Å²) >= 11 is 3.30. The van der Waals surface area contributed by atoms with E-state index in [0.717, 1.165) is 15.4 Å². The predicted molar refractivity (Wildman–Crippen MR) is 91.8 cm³/mol. The molecule has 2 amide bonds. The summed E-state index contributed by atoms with van der Waals surface area (Å²) < 4.78 is 27.7. The van der Waals surface area contributed by atoms with Gasteiger partial charge in [0.1, 0.15) is 11.6 Å².